The number of phenols is 1. The van der Waals surface area contributed by atoms with Crippen LogP contribution in [0.2, 0.25) is 0 Å². The minimum atomic E-state index is -1.37. The lowest BCUT2D eigenvalue weighted by Gasteiger charge is -2.24. The van der Waals surface area contributed by atoms with Gasteiger partial charge in [-0.25, -0.2) is 9.78 Å². The number of aliphatic hydroxyl groups excluding tert-OH is 1. The smallest absolute Gasteiger partial charge is 0.326 e. The molecule has 0 saturated carbocycles. The Morgan fingerprint density at radius 2 is 1.56 bits per heavy atom. The molecule has 184 valence electrons. The fraction of sp³-hybridized carbons (Fsp3) is 0.381. The van der Waals surface area contributed by atoms with Gasteiger partial charge in [0.25, 0.3) is 0 Å². The molecule has 2 aromatic rings. The Morgan fingerprint density at radius 1 is 0.971 bits per heavy atom. The Labute approximate surface area is 194 Å². The number of amides is 3. The summed E-state index contributed by atoms with van der Waals surface area (Å²) in [7, 11) is 0. The highest BCUT2D eigenvalue weighted by atomic mass is 16.4. The number of carboxylic acid groups (broad SMARTS) is 1. The van der Waals surface area contributed by atoms with E-state index in [0.717, 1.165) is 0 Å². The molecule has 34 heavy (non-hydrogen) atoms. The predicted octanol–water partition coefficient (Wildman–Crippen LogP) is -2.22. The SMILES string of the molecule is CC(N)C(=O)NC(CO)C(=O)NC(Cc1cnc[nH]1)C(=O)NC(Cc1ccc(O)cc1)C(=O)O. The molecular weight excluding hydrogens is 448 g/mol. The van der Waals surface area contributed by atoms with Crippen molar-refractivity contribution in [1.29, 1.82) is 0 Å². The first-order valence-corrected chi connectivity index (χ1v) is 10.4. The van der Waals surface area contributed by atoms with Gasteiger partial charge in [0.05, 0.1) is 19.0 Å². The van der Waals surface area contributed by atoms with E-state index in [1.54, 1.807) is 0 Å². The molecule has 2 rings (SSSR count). The molecule has 0 saturated heterocycles. The van der Waals surface area contributed by atoms with E-state index in [2.05, 4.69) is 25.9 Å². The molecule has 0 aliphatic heterocycles. The number of H-pyrrole nitrogens is 1. The lowest BCUT2D eigenvalue weighted by molar-refractivity contribution is -0.142. The molecule has 13 nitrogen and oxygen atoms in total. The van der Waals surface area contributed by atoms with Crippen molar-refractivity contribution in [1.82, 2.24) is 25.9 Å². The average molecular weight is 476 g/mol. The van der Waals surface area contributed by atoms with Gasteiger partial charge >= 0.3 is 5.97 Å². The molecule has 1 aromatic heterocycles. The summed E-state index contributed by atoms with van der Waals surface area (Å²) in [5.41, 5.74) is 6.50. The maximum atomic E-state index is 13.0. The Bertz CT molecular complexity index is 978. The van der Waals surface area contributed by atoms with Gasteiger partial charge in [0.2, 0.25) is 17.7 Å². The molecule has 4 atom stereocenters. The van der Waals surface area contributed by atoms with Crippen LogP contribution in [-0.4, -0.2) is 79.8 Å². The van der Waals surface area contributed by atoms with Gasteiger partial charge in [-0.3, -0.25) is 14.4 Å². The number of nitrogens with two attached hydrogens (primary N) is 1. The number of hydrogen-bond donors (Lipinski definition) is 8. The number of nitrogens with zero attached hydrogens (tertiary/aromatic N) is 1. The molecule has 3 amide bonds. The fourth-order valence-electron chi connectivity index (χ4n) is 2.94. The summed E-state index contributed by atoms with van der Waals surface area (Å²) in [6.45, 7) is 0.650. The number of aliphatic carboxylic acids is 1. The summed E-state index contributed by atoms with van der Waals surface area (Å²) in [5, 5.41) is 35.6. The minimum Gasteiger partial charge on any atom is -0.508 e. The molecule has 1 aromatic carbocycles. The number of aromatic amines is 1. The Hall–Kier alpha value is -3.97. The number of carboxylic acids is 1. The molecule has 0 fully saturated rings. The second-order valence-electron chi connectivity index (χ2n) is 7.64. The predicted molar refractivity (Wildman–Crippen MR) is 118 cm³/mol. The zero-order valence-corrected chi connectivity index (χ0v) is 18.4. The highest BCUT2D eigenvalue weighted by molar-refractivity contribution is 5.94. The first-order chi connectivity index (χ1) is 16.1. The van der Waals surface area contributed by atoms with E-state index in [4.69, 9.17) is 5.73 Å². The molecule has 13 heteroatoms. The molecule has 0 bridgehead atoms. The third-order valence-corrected chi connectivity index (χ3v) is 4.83. The second kappa shape index (κ2) is 12.3. The number of aromatic hydroxyl groups is 1. The second-order valence-corrected chi connectivity index (χ2v) is 7.64. The number of nitrogens with one attached hydrogen (secondary N) is 4. The van der Waals surface area contributed by atoms with Gasteiger partial charge in [-0.15, -0.1) is 0 Å². The molecule has 0 radical (unpaired) electrons. The number of rotatable bonds is 12. The number of phenolic OH excluding ortho intramolecular Hbond substituents is 1. The topological polar surface area (TPSA) is 220 Å². The van der Waals surface area contributed by atoms with E-state index in [-0.39, 0.29) is 18.6 Å². The lowest BCUT2D eigenvalue weighted by Crippen LogP contribution is -2.58. The molecule has 0 spiro atoms. The van der Waals surface area contributed by atoms with Crippen molar-refractivity contribution in [2.45, 2.75) is 43.9 Å². The van der Waals surface area contributed by atoms with E-state index in [1.807, 2.05) is 0 Å². The van der Waals surface area contributed by atoms with Crippen molar-refractivity contribution in [3.63, 3.8) is 0 Å². The van der Waals surface area contributed by atoms with Crippen LogP contribution < -0.4 is 21.7 Å². The number of hydrogen-bond acceptors (Lipinski definition) is 8. The van der Waals surface area contributed by atoms with Crippen molar-refractivity contribution in [3.05, 3.63) is 48.0 Å². The summed E-state index contributed by atoms with van der Waals surface area (Å²) in [6, 6.07) is 0.944. The van der Waals surface area contributed by atoms with Crippen LogP contribution >= 0.6 is 0 Å². The Morgan fingerprint density at radius 3 is 2.09 bits per heavy atom. The van der Waals surface area contributed by atoms with Crippen LogP contribution in [0.15, 0.2) is 36.8 Å². The standard InChI is InChI=1S/C21H28N6O7/c1-11(22)18(30)27-17(9-28)20(32)25-15(7-13-8-23-10-24-13)19(31)26-16(21(33)34)6-12-2-4-14(29)5-3-12/h2-5,8,10-11,15-17,28-29H,6-7,9,22H2,1H3,(H,23,24)(H,25,32)(H,26,31)(H,27,30)(H,33,34). The summed E-state index contributed by atoms with van der Waals surface area (Å²) < 4.78 is 0. The first-order valence-electron chi connectivity index (χ1n) is 10.4. The maximum Gasteiger partial charge on any atom is 0.326 e. The maximum absolute atomic E-state index is 13.0. The van der Waals surface area contributed by atoms with Crippen LogP contribution in [0, 0.1) is 0 Å². The number of benzene rings is 1. The van der Waals surface area contributed by atoms with Gasteiger partial charge in [0.15, 0.2) is 0 Å². The van der Waals surface area contributed by atoms with Crippen molar-refractivity contribution in [3.8, 4) is 5.75 Å². The number of aromatic nitrogens is 2. The van der Waals surface area contributed by atoms with Crippen LogP contribution in [0.3, 0.4) is 0 Å². The van der Waals surface area contributed by atoms with Crippen LogP contribution in [0.4, 0.5) is 0 Å². The van der Waals surface area contributed by atoms with Crippen LogP contribution in [0.1, 0.15) is 18.2 Å². The summed E-state index contributed by atoms with van der Waals surface area (Å²) in [5.74, 6) is -3.63. The monoisotopic (exact) mass is 476 g/mol. The molecule has 1 heterocycles. The third-order valence-electron chi connectivity index (χ3n) is 4.83. The zero-order valence-electron chi connectivity index (χ0n) is 18.4. The quantitative estimate of drug-likeness (QED) is 0.166. The van der Waals surface area contributed by atoms with E-state index in [1.165, 1.54) is 43.7 Å². The number of aliphatic hydroxyl groups is 1. The van der Waals surface area contributed by atoms with Gasteiger partial charge < -0.3 is 42.0 Å². The number of carbonyl (C=O) groups excluding carboxylic acids is 3. The van der Waals surface area contributed by atoms with E-state index < -0.39 is 54.5 Å². The van der Waals surface area contributed by atoms with Gasteiger partial charge in [-0.1, -0.05) is 12.1 Å². The van der Waals surface area contributed by atoms with Crippen LogP contribution in [-0.2, 0) is 32.0 Å². The highest BCUT2D eigenvalue weighted by Crippen LogP contribution is 2.12. The lowest BCUT2D eigenvalue weighted by atomic mass is 10.0. The molecule has 0 aliphatic rings. The Kier molecular flexibility index (Phi) is 9.52. The van der Waals surface area contributed by atoms with Crippen molar-refractivity contribution in [2.24, 2.45) is 5.73 Å². The molecule has 0 aliphatic carbocycles. The normalized spacial score (nSPS) is 14.3. The minimum absolute atomic E-state index is 0.0107. The van der Waals surface area contributed by atoms with Gasteiger partial charge in [-0.05, 0) is 24.6 Å². The largest absolute Gasteiger partial charge is 0.508 e. The summed E-state index contributed by atoms with van der Waals surface area (Å²) in [4.78, 5) is 55.8. The Balaban J connectivity index is 2.16. The number of imidazole rings is 1. The van der Waals surface area contributed by atoms with Crippen molar-refractivity contribution < 1.29 is 34.5 Å². The highest BCUT2D eigenvalue weighted by Gasteiger charge is 2.30. The van der Waals surface area contributed by atoms with E-state index in [9.17, 15) is 34.5 Å². The summed E-state index contributed by atoms with van der Waals surface area (Å²) in [6.07, 6.45) is 2.66. The fourth-order valence-corrected chi connectivity index (χ4v) is 2.94. The molecule has 9 N–H and O–H groups in total. The van der Waals surface area contributed by atoms with Crippen molar-refractivity contribution in [2.75, 3.05) is 6.61 Å². The molecule has 4 unspecified atom stereocenters. The van der Waals surface area contributed by atoms with Crippen molar-refractivity contribution >= 4 is 23.7 Å². The number of carbonyl (C=O) groups is 4. The zero-order chi connectivity index (χ0) is 25.3. The van der Waals surface area contributed by atoms with Crippen LogP contribution in [0.5, 0.6) is 5.75 Å². The molecular formula is C21H28N6O7. The van der Waals surface area contributed by atoms with Gasteiger partial charge in [-0.2, -0.15) is 0 Å². The third kappa shape index (κ3) is 7.86. The summed E-state index contributed by atoms with van der Waals surface area (Å²) >= 11 is 0. The van der Waals surface area contributed by atoms with E-state index in [0.29, 0.717) is 11.3 Å². The van der Waals surface area contributed by atoms with Crippen LogP contribution in [0.25, 0.3) is 0 Å². The first kappa shape index (κ1) is 26.3. The van der Waals surface area contributed by atoms with E-state index >= 15 is 0 Å². The van der Waals surface area contributed by atoms with Gasteiger partial charge in [0.1, 0.15) is 23.9 Å². The van der Waals surface area contributed by atoms with Gasteiger partial charge in [0, 0.05) is 24.7 Å². The average Bonchev–Trinajstić information content (AvgIpc) is 3.30.